The van der Waals surface area contributed by atoms with Gasteiger partial charge in [-0.3, -0.25) is 9.59 Å². The molecule has 27 heavy (non-hydrogen) atoms. The summed E-state index contributed by atoms with van der Waals surface area (Å²) in [5.41, 5.74) is -0.163. The zero-order chi connectivity index (χ0) is 19.0. The molecule has 0 spiro atoms. The summed E-state index contributed by atoms with van der Waals surface area (Å²) in [5, 5.41) is 3.36. The number of likely N-dealkylation sites (tertiary alicyclic amines) is 2. The molecule has 1 unspecified atom stereocenters. The van der Waals surface area contributed by atoms with Crippen LogP contribution in [0.1, 0.15) is 66.2 Å². The summed E-state index contributed by atoms with van der Waals surface area (Å²) in [7, 11) is 0. The van der Waals surface area contributed by atoms with Gasteiger partial charge in [-0.1, -0.05) is 27.7 Å². The molecule has 5 nitrogen and oxygen atoms in total. The predicted molar refractivity (Wildman–Crippen MR) is 111 cm³/mol. The lowest BCUT2D eigenvalue weighted by molar-refractivity contribution is -0.150. The lowest BCUT2D eigenvalue weighted by Crippen LogP contribution is -2.53. The highest BCUT2D eigenvalue weighted by Gasteiger charge is 2.47. The van der Waals surface area contributed by atoms with Crippen molar-refractivity contribution in [1.82, 2.24) is 15.1 Å². The summed E-state index contributed by atoms with van der Waals surface area (Å²) >= 11 is 0. The largest absolute Gasteiger partial charge is 0.342 e. The summed E-state index contributed by atoms with van der Waals surface area (Å²) in [6.07, 6.45) is 5.63. The van der Waals surface area contributed by atoms with Crippen molar-refractivity contribution in [3.8, 4) is 0 Å². The molecule has 3 fully saturated rings. The maximum atomic E-state index is 13.5. The average Bonchev–Trinajstić information content (AvgIpc) is 3.02. The smallest absolute Gasteiger partial charge is 0.230 e. The first-order valence-corrected chi connectivity index (χ1v) is 10.4. The predicted octanol–water partition coefficient (Wildman–Crippen LogP) is 3.08. The van der Waals surface area contributed by atoms with Crippen molar-refractivity contribution in [3.05, 3.63) is 0 Å². The second kappa shape index (κ2) is 8.28. The van der Waals surface area contributed by atoms with E-state index in [0.717, 1.165) is 52.0 Å². The number of carbonyl (C=O) groups is 2. The van der Waals surface area contributed by atoms with Gasteiger partial charge in [-0.25, -0.2) is 0 Å². The summed E-state index contributed by atoms with van der Waals surface area (Å²) in [5.74, 6) is 0.381. The first-order chi connectivity index (χ1) is 12.1. The quantitative estimate of drug-likeness (QED) is 0.793. The maximum absolute atomic E-state index is 13.5. The van der Waals surface area contributed by atoms with Gasteiger partial charge in [0.25, 0.3) is 0 Å². The highest BCUT2D eigenvalue weighted by atomic mass is 35.5. The molecule has 156 valence electrons. The van der Waals surface area contributed by atoms with Gasteiger partial charge >= 0.3 is 0 Å². The first kappa shape index (κ1) is 22.5. The number of halogens is 1. The van der Waals surface area contributed by atoms with E-state index in [1.54, 1.807) is 0 Å². The summed E-state index contributed by atoms with van der Waals surface area (Å²) in [6.45, 7) is 13.8. The topological polar surface area (TPSA) is 52.7 Å². The van der Waals surface area contributed by atoms with Gasteiger partial charge in [-0.2, -0.15) is 0 Å². The normalized spacial score (nSPS) is 29.9. The zero-order valence-electron chi connectivity index (χ0n) is 17.6. The fourth-order valence-corrected chi connectivity index (χ4v) is 5.12. The lowest BCUT2D eigenvalue weighted by Gasteiger charge is -2.43. The van der Waals surface area contributed by atoms with Gasteiger partial charge in [-0.05, 0) is 49.5 Å². The molecule has 0 radical (unpaired) electrons. The van der Waals surface area contributed by atoms with Crippen LogP contribution in [-0.4, -0.2) is 60.9 Å². The molecule has 0 aromatic rings. The highest BCUT2D eigenvalue weighted by molar-refractivity contribution is 5.89. The third-order valence-corrected chi connectivity index (χ3v) is 6.63. The second-order valence-corrected chi connectivity index (χ2v) is 10.5. The van der Waals surface area contributed by atoms with Crippen LogP contribution in [0.15, 0.2) is 0 Å². The molecule has 3 saturated heterocycles. The molecule has 2 amide bonds. The fraction of sp³-hybridized carbons (Fsp3) is 0.905. The Kier molecular flexibility index (Phi) is 6.89. The minimum atomic E-state index is -0.536. The van der Waals surface area contributed by atoms with E-state index in [2.05, 4.69) is 33.0 Å². The first-order valence-electron chi connectivity index (χ1n) is 10.4. The molecule has 3 heterocycles. The number of nitrogens with one attached hydrogen (secondary N) is 1. The average molecular weight is 400 g/mol. The molecular formula is C21H38ClN3O2. The van der Waals surface area contributed by atoms with Crippen molar-refractivity contribution in [2.75, 3.05) is 39.3 Å². The number of hydrogen-bond acceptors (Lipinski definition) is 3. The summed E-state index contributed by atoms with van der Waals surface area (Å²) < 4.78 is 0. The third kappa shape index (κ3) is 5.17. The maximum Gasteiger partial charge on any atom is 0.230 e. The highest BCUT2D eigenvalue weighted by Crippen LogP contribution is 2.37. The van der Waals surface area contributed by atoms with Gasteiger partial charge < -0.3 is 15.1 Å². The number of hydrogen-bond donors (Lipinski definition) is 1. The van der Waals surface area contributed by atoms with Gasteiger partial charge in [0.2, 0.25) is 11.8 Å². The van der Waals surface area contributed by atoms with Crippen LogP contribution < -0.4 is 5.32 Å². The summed E-state index contributed by atoms with van der Waals surface area (Å²) in [6, 6.07) is 0. The van der Waals surface area contributed by atoms with E-state index in [1.807, 2.05) is 9.80 Å². The van der Waals surface area contributed by atoms with Crippen molar-refractivity contribution in [2.24, 2.45) is 16.2 Å². The Morgan fingerprint density at radius 3 is 1.96 bits per heavy atom. The van der Waals surface area contributed by atoms with Crippen LogP contribution >= 0.6 is 12.4 Å². The Labute approximate surface area is 171 Å². The van der Waals surface area contributed by atoms with E-state index in [1.165, 1.54) is 12.8 Å². The monoisotopic (exact) mass is 399 g/mol. The van der Waals surface area contributed by atoms with Crippen molar-refractivity contribution < 1.29 is 9.59 Å². The van der Waals surface area contributed by atoms with Crippen LogP contribution in [0.4, 0.5) is 0 Å². The number of rotatable bonds is 3. The molecule has 3 rings (SSSR count). The third-order valence-electron chi connectivity index (χ3n) is 6.63. The molecule has 0 bridgehead atoms. The number of amides is 2. The fourth-order valence-electron chi connectivity index (χ4n) is 5.12. The minimum Gasteiger partial charge on any atom is -0.342 e. The molecule has 6 heteroatoms. The lowest BCUT2D eigenvalue weighted by atomic mass is 9.78. The van der Waals surface area contributed by atoms with E-state index < -0.39 is 5.41 Å². The van der Waals surface area contributed by atoms with Crippen molar-refractivity contribution in [2.45, 2.75) is 66.2 Å². The van der Waals surface area contributed by atoms with Gasteiger partial charge in [0.15, 0.2) is 0 Å². The standard InChI is InChI=1S/C21H37N3O2.ClH/c1-19(2)7-5-11-23(15-19)17(25)13-21(9-10-22-14-21)18(26)24-12-6-8-20(3,4)16-24;/h22H,5-16H2,1-4H3;1H. The van der Waals surface area contributed by atoms with Crippen LogP contribution in [0.25, 0.3) is 0 Å². The Morgan fingerprint density at radius 1 is 0.889 bits per heavy atom. The van der Waals surface area contributed by atoms with Crippen LogP contribution in [0.2, 0.25) is 0 Å². The van der Waals surface area contributed by atoms with E-state index in [-0.39, 0.29) is 35.1 Å². The van der Waals surface area contributed by atoms with E-state index in [4.69, 9.17) is 0 Å². The van der Waals surface area contributed by atoms with Gasteiger partial charge in [0.05, 0.1) is 5.41 Å². The molecular weight excluding hydrogens is 362 g/mol. The molecule has 1 atom stereocenters. The van der Waals surface area contributed by atoms with Crippen LogP contribution in [-0.2, 0) is 9.59 Å². The Bertz CT molecular complexity index is 556. The zero-order valence-corrected chi connectivity index (χ0v) is 18.4. The van der Waals surface area contributed by atoms with Gasteiger partial charge in [0, 0.05) is 39.1 Å². The Balaban J connectivity index is 0.00000261. The van der Waals surface area contributed by atoms with Crippen molar-refractivity contribution in [3.63, 3.8) is 0 Å². The van der Waals surface area contributed by atoms with Crippen LogP contribution in [0, 0.1) is 16.2 Å². The molecule has 3 aliphatic heterocycles. The minimum absolute atomic E-state index is 0. The molecule has 1 N–H and O–H groups in total. The second-order valence-electron chi connectivity index (χ2n) is 10.5. The van der Waals surface area contributed by atoms with E-state index in [0.29, 0.717) is 13.0 Å². The Hall–Kier alpha value is -0.810. The van der Waals surface area contributed by atoms with E-state index in [9.17, 15) is 9.59 Å². The van der Waals surface area contributed by atoms with Crippen molar-refractivity contribution >= 4 is 24.2 Å². The van der Waals surface area contributed by atoms with Crippen molar-refractivity contribution in [1.29, 1.82) is 0 Å². The molecule has 0 saturated carbocycles. The SMILES string of the molecule is CC1(C)CCCN(C(=O)CC2(C(=O)N3CCCC(C)(C)C3)CCNC2)C1.Cl. The molecule has 0 aromatic carbocycles. The number of piperidine rings is 2. The molecule has 0 aliphatic carbocycles. The molecule has 0 aromatic heterocycles. The summed E-state index contributed by atoms with van der Waals surface area (Å²) in [4.78, 5) is 30.6. The molecule has 3 aliphatic rings. The number of carbonyl (C=O) groups excluding carboxylic acids is 2. The number of nitrogens with zero attached hydrogens (tertiary/aromatic N) is 2. The van der Waals surface area contributed by atoms with Gasteiger partial charge in [-0.15, -0.1) is 12.4 Å². The van der Waals surface area contributed by atoms with Crippen LogP contribution in [0.3, 0.4) is 0 Å². The Morgan fingerprint density at radius 2 is 1.44 bits per heavy atom. The van der Waals surface area contributed by atoms with E-state index >= 15 is 0 Å². The van der Waals surface area contributed by atoms with Gasteiger partial charge in [0.1, 0.15) is 0 Å². The van der Waals surface area contributed by atoms with Crippen LogP contribution in [0.5, 0.6) is 0 Å².